The van der Waals surface area contributed by atoms with Crippen LogP contribution in [-0.4, -0.2) is 19.1 Å². The summed E-state index contributed by atoms with van der Waals surface area (Å²) in [7, 11) is 0. The molecule has 1 aliphatic heterocycles. The molecule has 1 heterocycles. The lowest BCUT2D eigenvalue weighted by Gasteiger charge is -2.23. The number of aryl methyl sites for hydroxylation is 1. The van der Waals surface area contributed by atoms with Crippen LogP contribution in [0.5, 0.6) is 0 Å². The first-order valence-corrected chi connectivity index (χ1v) is 6.33. The maximum Gasteiger partial charge on any atom is 0.0210 e. The van der Waals surface area contributed by atoms with Crippen molar-refractivity contribution in [1.82, 2.24) is 10.6 Å². The molecule has 1 aromatic rings. The molecule has 87 valence electrons. The SMILES string of the molecule is CCc1ccccc1CNC1CC[N]CC1. The fourth-order valence-electron chi connectivity index (χ4n) is 2.28. The van der Waals surface area contributed by atoms with E-state index in [9.17, 15) is 0 Å². The van der Waals surface area contributed by atoms with Crippen LogP contribution in [0.3, 0.4) is 0 Å². The monoisotopic (exact) mass is 217 g/mol. The van der Waals surface area contributed by atoms with Crippen molar-refractivity contribution in [3.8, 4) is 0 Å². The van der Waals surface area contributed by atoms with Crippen molar-refractivity contribution in [3.05, 3.63) is 35.4 Å². The fraction of sp³-hybridized carbons (Fsp3) is 0.571. The molecule has 16 heavy (non-hydrogen) atoms. The summed E-state index contributed by atoms with van der Waals surface area (Å²) in [6.45, 7) is 5.30. The molecule has 1 aliphatic rings. The molecule has 0 bridgehead atoms. The van der Waals surface area contributed by atoms with Crippen LogP contribution in [0.4, 0.5) is 0 Å². The summed E-state index contributed by atoms with van der Waals surface area (Å²) in [6, 6.07) is 9.39. The van der Waals surface area contributed by atoms with Gasteiger partial charge in [0.15, 0.2) is 0 Å². The van der Waals surface area contributed by atoms with E-state index < -0.39 is 0 Å². The normalized spacial score (nSPS) is 17.6. The lowest BCUT2D eigenvalue weighted by molar-refractivity contribution is 0.381. The molecule has 0 aromatic heterocycles. The van der Waals surface area contributed by atoms with Gasteiger partial charge in [0.25, 0.3) is 0 Å². The van der Waals surface area contributed by atoms with E-state index in [1.54, 1.807) is 0 Å². The van der Waals surface area contributed by atoms with Gasteiger partial charge in [0.1, 0.15) is 0 Å². The Hall–Kier alpha value is -0.860. The van der Waals surface area contributed by atoms with E-state index in [1.165, 1.54) is 24.0 Å². The third-order valence-electron chi connectivity index (χ3n) is 3.35. The predicted molar refractivity (Wildman–Crippen MR) is 67.5 cm³/mol. The molecular weight excluding hydrogens is 196 g/mol. The van der Waals surface area contributed by atoms with E-state index in [4.69, 9.17) is 0 Å². The van der Waals surface area contributed by atoms with Gasteiger partial charge in [0.05, 0.1) is 0 Å². The number of nitrogens with zero attached hydrogens (tertiary/aromatic N) is 1. The van der Waals surface area contributed by atoms with Crippen LogP contribution in [0.2, 0.25) is 0 Å². The number of hydrogen-bond donors (Lipinski definition) is 1. The lowest BCUT2D eigenvalue weighted by atomic mass is 10.0. The molecule has 1 aromatic carbocycles. The third kappa shape index (κ3) is 3.06. The lowest BCUT2D eigenvalue weighted by Crippen LogP contribution is -2.37. The van der Waals surface area contributed by atoms with Crippen molar-refractivity contribution >= 4 is 0 Å². The highest BCUT2D eigenvalue weighted by Gasteiger charge is 2.12. The second-order valence-electron chi connectivity index (χ2n) is 4.45. The summed E-state index contributed by atoms with van der Waals surface area (Å²) in [5, 5.41) is 8.03. The van der Waals surface area contributed by atoms with Crippen LogP contribution < -0.4 is 10.6 Å². The van der Waals surface area contributed by atoms with Gasteiger partial charge in [-0.1, -0.05) is 31.2 Å². The van der Waals surface area contributed by atoms with Gasteiger partial charge in [-0.25, -0.2) is 5.32 Å². The van der Waals surface area contributed by atoms with E-state index >= 15 is 0 Å². The van der Waals surface area contributed by atoms with Crippen molar-refractivity contribution in [2.75, 3.05) is 13.1 Å². The van der Waals surface area contributed by atoms with Gasteiger partial charge >= 0.3 is 0 Å². The molecule has 1 N–H and O–H groups in total. The van der Waals surface area contributed by atoms with Gasteiger partial charge in [0, 0.05) is 25.7 Å². The summed E-state index contributed by atoms with van der Waals surface area (Å²) in [5.74, 6) is 0. The van der Waals surface area contributed by atoms with Crippen LogP contribution >= 0.6 is 0 Å². The average molecular weight is 217 g/mol. The third-order valence-corrected chi connectivity index (χ3v) is 3.35. The summed E-state index contributed by atoms with van der Waals surface area (Å²) < 4.78 is 0. The van der Waals surface area contributed by atoms with Gasteiger partial charge in [0.2, 0.25) is 0 Å². The average Bonchev–Trinajstić information content (AvgIpc) is 2.38. The van der Waals surface area contributed by atoms with Gasteiger partial charge < -0.3 is 5.32 Å². The first kappa shape index (κ1) is 11.6. The molecule has 0 aliphatic carbocycles. The van der Waals surface area contributed by atoms with Crippen LogP contribution in [0.1, 0.15) is 30.9 Å². The summed E-state index contributed by atoms with van der Waals surface area (Å²) in [5.41, 5.74) is 2.92. The molecule has 0 saturated carbocycles. The minimum absolute atomic E-state index is 0.669. The largest absolute Gasteiger partial charge is 0.310 e. The molecule has 2 rings (SSSR count). The molecule has 1 saturated heterocycles. The van der Waals surface area contributed by atoms with Crippen LogP contribution in [0.25, 0.3) is 0 Å². The highest BCUT2D eigenvalue weighted by molar-refractivity contribution is 5.26. The van der Waals surface area contributed by atoms with E-state index in [2.05, 4.69) is 41.8 Å². The van der Waals surface area contributed by atoms with Crippen molar-refractivity contribution in [2.45, 2.75) is 38.8 Å². The molecular formula is C14H21N2. The fourth-order valence-corrected chi connectivity index (χ4v) is 2.28. The Labute approximate surface area is 98.4 Å². The molecule has 0 spiro atoms. The first-order chi connectivity index (χ1) is 7.90. The van der Waals surface area contributed by atoms with Crippen molar-refractivity contribution in [3.63, 3.8) is 0 Å². The first-order valence-electron chi connectivity index (χ1n) is 6.33. The molecule has 0 atom stereocenters. The van der Waals surface area contributed by atoms with E-state index in [0.717, 1.165) is 26.1 Å². The Balaban J connectivity index is 1.88. The number of piperidine rings is 1. The van der Waals surface area contributed by atoms with Crippen LogP contribution in [0.15, 0.2) is 24.3 Å². The number of nitrogens with one attached hydrogen (secondary N) is 1. The maximum absolute atomic E-state index is 4.38. The molecule has 0 amide bonds. The number of hydrogen-bond acceptors (Lipinski definition) is 1. The van der Waals surface area contributed by atoms with Gasteiger partial charge in [-0.05, 0) is 30.4 Å². The Kier molecular flexibility index (Phi) is 4.37. The molecule has 2 nitrogen and oxygen atoms in total. The van der Waals surface area contributed by atoms with E-state index in [0.29, 0.717) is 6.04 Å². The zero-order valence-electron chi connectivity index (χ0n) is 10.1. The molecule has 2 heteroatoms. The zero-order valence-corrected chi connectivity index (χ0v) is 10.1. The molecule has 0 unspecified atom stereocenters. The van der Waals surface area contributed by atoms with Crippen molar-refractivity contribution < 1.29 is 0 Å². The minimum Gasteiger partial charge on any atom is -0.310 e. The Bertz CT molecular complexity index is 316. The quantitative estimate of drug-likeness (QED) is 0.821. The Morgan fingerprint density at radius 2 is 1.88 bits per heavy atom. The van der Waals surface area contributed by atoms with Crippen molar-refractivity contribution in [1.29, 1.82) is 0 Å². The standard InChI is InChI=1S/C14H21N2/c1-2-12-5-3-4-6-13(12)11-16-14-7-9-15-10-8-14/h3-6,14,16H,2,7-11H2,1H3. The van der Waals surface area contributed by atoms with E-state index in [-0.39, 0.29) is 0 Å². The van der Waals surface area contributed by atoms with Crippen LogP contribution in [0, 0.1) is 0 Å². The predicted octanol–water partition coefficient (Wildman–Crippen LogP) is 2.11. The van der Waals surface area contributed by atoms with Gasteiger partial charge in [-0.3, -0.25) is 0 Å². The number of rotatable bonds is 4. The molecule has 1 fully saturated rings. The number of benzene rings is 1. The Morgan fingerprint density at radius 1 is 1.19 bits per heavy atom. The van der Waals surface area contributed by atoms with E-state index in [1.807, 2.05) is 0 Å². The van der Waals surface area contributed by atoms with Crippen molar-refractivity contribution in [2.24, 2.45) is 0 Å². The highest BCUT2D eigenvalue weighted by Crippen LogP contribution is 2.11. The summed E-state index contributed by atoms with van der Waals surface area (Å²) in [4.78, 5) is 0. The minimum atomic E-state index is 0.669. The Morgan fingerprint density at radius 3 is 2.56 bits per heavy atom. The molecule has 1 radical (unpaired) electrons. The second-order valence-corrected chi connectivity index (χ2v) is 4.45. The smallest absolute Gasteiger partial charge is 0.0210 e. The van der Waals surface area contributed by atoms with Gasteiger partial charge in [-0.2, -0.15) is 0 Å². The maximum atomic E-state index is 4.38. The topological polar surface area (TPSA) is 26.1 Å². The zero-order chi connectivity index (χ0) is 11.2. The van der Waals surface area contributed by atoms with Crippen LogP contribution in [-0.2, 0) is 13.0 Å². The highest BCUT2D eigenvalue weighted by atomic mass is 15.0. The summed E-state index contributed by atoms with van der Waals surface area (Å²) >= 11 is 0. The second kappa shape index (κ2) is 6.02. The summed E-state index contributed by atoms with van der Waals surface area (Å²) in [6.07, 6.45) is 3.53. The van der Waals surface area contributed by atoms with Gasteiger partial charge in [-0.15, -0.1) is 0 Å².